The zero-order chi connectivity index (χ0) is 8.97. The van der Waals surface area contributed by atoms with Crippen LogP contribution in [-0.2, 0) is 0 Å². The second-order valence-corrected chi connectivity index (χ2v) is 3.56. The molecule has 0 radical (unpaired) electrons. The predicted octanol–water partition coefficient (Wildman–Crippen LogP) is 1.39. The molecule has 0 aromatic heterocycles. The molecule has 12 heavy (non-hydrogen) atoms. The van der Waals surface area contributed by atoms with E-state index in [1.165, 1.54) is 19.3 Å². The Morgan fingerprint density at radius 2 is 2.17 bits per heavy atom. The minimum absolute atomic E-state index is 0.0883. The van der Waals surface area contributed by atoms with Gasteiger partial charge in [-0.05, 0) is 18.8 Å². The maximum Gasteiger partial charge on any atom is 0.256 e. The molecule has 1 aliphatic carbocycles. The molecule has 0 amide bonds. The second-order valence-electron chi connectivity index (χ2n) is 3.56. The van der Waals surface area contributed by atoms with Crippen LogP contribution in [0.4, 0.5) is 0 Å². The number of nitro groups is 1. The van der Waals surface area contributed by atoms with Crippen molar-refractivity contribution in [2.24, 2.45) is 5.92 Å². The Morgan fingerprint density at radius 3 is 2.75 bits per heavy atom. The third-order valence-corrected chi connectivity index (χ3v) is 2.59. The molecule has 1 N–H and O–H groups in total. The van der Waals surface area contributed by atoms with Crippen LogP contribution in [0.1, 0.15) is 32.6 Å². The molecule has 4 nitrogen and oxygen atoms in total. The van der Waals surface area contributed by atoms with Crippen LogP contribution in [-0.4, -0.2) is 17.6 Å². The first-order valence-electron chi connectivity index (χ1n) is 4.55. The lowest BCUT2D eigenvalue weighted by Gasteiger charge is -2.28. The van der Waals surface area contributed by atoms with Gasteiger partial charge in [-0.2, -0.15) is 0 Å². The first kappa shape index (κ1) is 9.45. The van der Waals surface area contributed by atoms with E-state index in [0.717, 1.165) is 6.42 Å². The van der Waals surface area contributed by atoms with Gasteiger partial charge in [0.2, 0.25) is 0 Å². The van der Waals surface area contributed by atoms with Crippen LogP contribution in [0.2, 0.25) is 0 Å². The van der Waals surface area contributed by atoms with Crippen molar-refractivity contribution in [2.75, 3.05) is 6.67 Å². The van der Waals surface area contributed by atoms with Gasteiger partial charge in [0.1, 0.15) is 0 Å². The fourth-order valence-corrected chi connectivity index (χ4v) is 1.81. The monoisotopic (exact) mass is 172 g/mol. The summed E-state index contributed by atoms with van der Waals surface area (Å²) >= 11 is 0. The molecule has 4 heteroatoms. The highest BCUT2D eigenvalue weighted by Crippen LogP contribution is 2.23. The largest absolute Gasteiger partial charge is 0.263 e. The van der Waals surface area contributed by atoms with Crippen LogP contribution in [0.25, 0.3) is 0 Å². The Kier molecular flexibility index (Phi) is 3.47. The summed E-state index contributed by atoms with van der Waals surface area (Å²) < 4.78 is 0. The van der Waals surface area contributed by atoms with Gasteiger partial charge in [-0.15, -0.1) is 0 Å². The van der Waals surface area contributed by atoms with Crippen molar-refractivity contribution in [2.45, 2.75) is 38.6 Å². The summed E-state index contributed by atoms with van der Waals surface area (Å²) in [6.45, 7) is 2.08. The van der Waals surface area contributed by atoms with E-state index in [-0.39, 0.29) is 11.6 Å². The Bertz CT molecular complexity index is 161. The Labute approximate surface area is 72.5 Å². The van der Waals surface area contributed by atoms with Crippen LogP contribution in [0.5, 0.6) is 0 Å². The average molecular weight is 172 g/mol. The van der Waals surface area contributed by atoms with E-state index in [4.69, 9.17) is 0 Å². The van der Waals surface area contributed by atoms with Gasteiger partial charge in [-0.1, -0.05) is 19.8 Å². The van der Waals surface area contributed by atoms with Crippen LogP contribution in [0, 0.1) is 16.0 Å². The number of nitrogens with zero attached hydrogens (tertiary/aromatic N) is 1. The first-order chi connectivity index (χ1) is 5.70. The molecule has 2 unspecified atom stereocenters. The summed E-state index contributed by atoms with van der Waals surface area (Å²) in [5.41, 5.74) is 0. The minimum Gasteiger partial charge on any atom is -0.263 e. The van der Waals surface area contributed by atoms with Crippen molar-refractivity contribution in [3.05, 3.63) is 10.1 Å². The van der Waals surface area contributed by atoms with Crippen molar-refractivity contribution < 1.29 is 4.92 Å². The smallest absolute Gasteiger partial charge is 0.256 e. The Hall–Kier alpha value is -0.640. The van der Waals surface area contributed by atoms with Gasteiger partial charge in [-0.3, -0.25) is 15.4 Å². The van der Waals surface area contributed by atoms with Gasteiger partial charge in [0, 0.05) is 11.0 Å². The summed E-state index contributed by atoms with van der Waals surface area (Å²) in [5.74, 6) is 0.596. The van der Waals surface area contributed by atoms with Crippen molar-refractivity contribution in [1.29, 1.82) is 0 Å². The first-order valence-corrected chi connectivity index (χ1v) is 4.55. The van der Waals surface area contributed by atoms with E-state index >= 15 is 0 Å². The average Bonchev–Trinajstić information content (AvgIpc) is 2.03. The standard InChI is InChI=1S/C8H16N2O2/c1-7-4-2-3-5-8(7)9-6-10(11)12/h7-9H,2-6H2,1H3. The van der Waals surface area contributed by atoms with Crippen molar-refractivity contribution in [1.82, 2.24) is 5.32 Å². The molecule has 0 heterocycles. The van der Waals surface area contributed by atoms with Crippen molar-refractivity contribution >= 4 is 0 Å². The van der Waals surface area contributed by atoms with E-state index in [2.05, 4.69) is 12.2 Å². The van der Waals surface area contributed by atoms with E-state index in [1.807, 2.05) is 0 Å². The lowest BCUT2D eigenvalue weighted by Crippen LogP contribution is -2.39. The van der Waals surface area contributed by atoms with Gasteiger partial charge >= 0.3 is 0 Å². The molecule has 1 fully saturated rings. The summed E-state index contributed by atoms with van der Waals surface area (Å²) in [6.07, 6.45) is 4.78. The summed E-state index contributed by atoms with van der Waals surface area (Å²) in [6, 6.07) is 0.365. The zero-order valence-electron chi connectivity index (χ0n) is 7.45. The van der Waals surface area contributed by atoms with Gasteiger partial charge < -0.3 is 0 Å². The molecule has 2 atom stereocenters. The summed E-state index contributed by atoms with van der Waals surface area (Å²) in [5, 5.41) is 13.1. The van der Waals surface area contributed by atoms with Gasteiger partial charge in [0.25, 0.3) is 6.67 Å². The van der Waals surface area contributed by atoms with Gasteiger partial charge in [-0.25, -0.2) is 0 Å². The number of rotatable bonds is 3. The van der Waals surface area contributed by atoms with Gasteiger partial charge in [0.15, 0.2) is 0 Å². The maximum absolute atomic E-state index is 10.1. The molecule has 1 aliphatic rings. The predicted molar refractivity (Wildman–Crippen MR) is 46.4 cm³/mol. The third kappa shape index (κ3) is 2.77. The van der Waals surface area contributed by atoms with E-state index < -0.39 is 0 Å². The van der Waals surface area contributed by atoms with E-state index in [0.29, 0.717) is 12.0 Å². The van der Waals surface area contributed by atoms with Crippen LogP contribution >= 0.6 is 0 Å². The fourth-order valence-electron chi connectivity index (χ4n) is 1.81. The fraction of sp³-hybridized carbons (Fsp3) is 1.00. The molecule has 0 aromatic rings. The molecule has 0 bridgehead atoms. The number of hydrogen-bond acceptors (Lipinski definition) is 3. The topological polar surface area (TPSA) is 55.2 Å². The molecule has 0 spiro atoms. The van der Waals surface area contributed by atoms with Crippen LogP contribution in [0.15, 0.2) is 0 Å². The lowest BCUT2D eigenvalue weighted by molar-refractivity contribution is -0.486. The summed E-state index contributed by atoms with van der Waals surface area (Å²) in [4.78, 5) is 9.79. The summed E-state index contributed by atoms with van der Waals surface area (Å²) in [7, 11) is 0. The Morgan fingerprint density at radius 1 is 1.50 bits per heavy atom. The number of hydrogen-bond donors (Lipinski definition) is 1. The van der Waals surface area contributed by atoms with Crippen molar-refractivity contribution in [3.63, 3.8) is 0 Å². The van der Waals surface area contributed by atoms with E-state index in [1.54, 1.807) is 0 Å². The molecule has 0 aromatic carbocycles. The molecular weight excluding hydrogens is 156 g/mol. The Balaban J connectivity index is 2.24. The minimum atomic E-state index is -0.304. The maximum atomic E-state index is 10.1. The SMILES string of the molecule is CC1CCCCC1NC[N+](=O)[O-]. The molecule has 70 valence electrons. The zero-order valence-corrected chi connectivity index (χ0v) is 7.45. The molecular formula is C8H16N2O2. The highest BCUT2D eigenvalue weighted by Gasteiger charge is 2.21. The van der Waals surface area contributed by atoms with Crippen LogP contribution < -0.4 is 5.32 Å². The number of nitrogens with one attached hydrogen (secondary N) is 1. The molecule has 1 saturated carbocycles. The van der Waals surface area contributed by atoms with Crippen molar-refractivity contribution in [3.8, 4) is 0 Å². The highest BCUT2D eigenvalue weighted by molar-refractivity contribution is 4.76. The third-order valence-electron chi connectivity index (χ3n) is 2.59. The quantitative estimate of drug-likeness (QED) is 0.397. The molecule has 0 saturated heterocycles. The molecule has 1 rings (SSSR count). The van der Waals surface area contributed by atoms with Crippen LogP contribution in [0.3, 0.4) is 0 Å². The van der Waals surface area contributed by atoms with Gasteiger partial charge in [0.05, 0.1) is 0 Å². The molecule has 0 aliphatic heterocycles. The lowest BCUT2D eigenvalue weighted by atomic mass is 9.86. The highest BCUT2D eigenvalue weighted by atomic mass is 16.6. The normalized spacial score (nSPS) is 30.1. The second kappa shape index (κ2) is 4.40. The van der Waals surface area contributed by atoms with E-state index in [9.17, 15) is 10.1 Å².